The topological polar surface area (TPSA) is 84.9 Å². The highest BCUT2D eigenvalue weighted by Crippen LogP contribution is 2.28. The second-order valence-electron chi connectivity index (χ2n) is 5.20. The van der Waals surface area contributed by atoms with Crippen molar-refractivity contribution < 1.29 is 23.9 Å². The second kappa shape index (κ2) is 7.63. The Bertz CT molecular complexity index is 684. The summed E-state index contributed by atoms with van der Waals surface area (Å²) in [4.78, 5) is 36.8. The molecule has 0 radical (unpaired) electrons. The Balaban J connectivity index is 2.14. The lowest BCUT2D eigenvalue weighted by molar-refractivity contribution is -0.135. The van der Waals surface area contributed by atoms with Crippen molar-refractivity contribution in [2.45, 2.75) is 19.4 Å². The van der Waals surface area contributed by atoms with Crippen LogP contribution in [-0.2, 0) is 14.4 Å². The number of nitrogens with one attached hydrogen (secondary N) is 1. The van der Waals surface area contributed by atoms with Crippen LogP contribution in [0.4, 0.5) is 0 Å². The van der Waals surface area contributed by atoms with Crippen LogP contribution in [0.3, 0.4) is 0 Å². The lowest BCUT2D eigenvalue weighted by Gasteiger charge is -2.23. The quantitative estimate of drug-likeness (QED) is 0.620. The van der Waals surface area contributed by atoms with Gasteiger partial charge in [-0.1, -0.05) is 6.07 Å². The first-order chi connectivity index (χ1) is 11.5. The number of hydrogen-bond donors (Lipinski definition) is 1. The van der Waals surface area contributed by atoms with Gasteiger partial charge in [0, 0.05) is 12.6 Å². The first-order valence-corrected chi connectivity index (χ1v) is 7.54. The van der Waals surface area contributed by atoms with Crippen LogP contribution >= 0.6 is 0 Å². The van der Waals surface area contributed by atoms with E-state index in [1.165, 1.54) is 18.1 Å². The van der Waals surface area contributed by atoms with Gasteiger partial charge in [-0.15, -0.1) is 0 Å². The van der Waals surface area contributed by atoms with Crippen LogP contribution in [0.1, 0.15) is 18.9 Å². The van der Waals surface area contributed by atoms with E-state index in [-0.39, 0.29) is 18.2 Å². The van der Waals surface area contributed by atoms with Gasteiger partial charge in [0.15, 0.2) is 11.5 Å². The molecule has 1 aromatic carbocycles. The zero-order valence-electron chi connectivity index (χ0n) is 13.9. The molecule has 1 saturated heterocycles. The number of benzene rings is 1. The first kappa shape index (κ1) is 17.5. The highest BCUT2D eigenvalue weighted by Gasteiger charge is 2.36. The van der Waals surface area contributed by atoms with Crippen molar-refractivity contribution in [3.63, 3.8) is 0 Å². The Hall–Kier alpha value is -2.83. The molecular weight excluding hydrogens is 312 g/mol. The van der Waals surface area contributed by atoms with Gasteiger partial charge in [-0.25, -0.2) is 0 Å². The molecule has 7 heteroatoms. The minimum absolute atomic E-state index is 0.00259. The van der Waals surface area contributed by atoms with Crippen molar-refractivity contribution >= 4 is 23.8 Å². The van der Waals surface area contributed by atoms with E-state index in [9.17, 15) is 14.4 Å². The molecule has 128 valence electrons. The number of methoxy groups -OCH3 is 2. The van der Waals surface area contributed by atoms with E-state index in [0.717, 1.165) is 5.56 Å². The molecule has 0 aliphatic carbocycles. The van der Waals surface area contributed by atoms with Crippen molar-refractivity contribution in [1.29, 1.82) is 0 Å². The monoisotopic (exact) mass is 332 g/mol. The number of rotatable bonds is 6. The fourth-order valence-electron chi connectivity index (χ4n) is 2.54. The molecular formula is C17H20N2O5. The normalized spacial score (nSPS) is 17.0. The standard InChI is InChI=1S/C17H20N2O5/c1-4-19(12-10-15(20)18-17(12)22)16(21)8-6-11-5-7-13(23-2)14(9-11)24-3/h5-9,12H,4,10H2,1-3H3,(H,18,20,22)/b8-6+/t12-/m0/s1. The maximum Gasteiger partial charge on any atom is 0.249 e. The van der Waals surface area contributed by atoms with E-state index >= 15 is 0 Å². The zero-order valence-corrected chi connectivity index (χ0v) is 13.9. The van der Waals surface area contributed by atoms with Crippen molar-refractivity contribution in [3.8, 4) is 11.5 Å². The van der Waals surface area contributed by atoms with Gasteiger partial charge < -0.3 is 14.4 Å². The average molecular weight is 332 g/mol. The molecule has 1 aromatic rings. The van der Waals surface area contributed by atoms with E-state index < -0.39 is 11.9 Å². The van der Waals surface area contributed by atoms with Gasteiger partial charge in [0.1, 0.15) is 6.04 Å². The fourth-order valence-corrected chi connectivity index (χ4v) is 2.54. The molecule has 1 heterocycles. The smallest absolute Gasteiger partial charge is 0.249 e. The van der Waals surface area contributed by atoms with Gasteiger partial charge in [-0.3, -0.25) is 19.7 Å². The van der Waals surface area contributed by atoms with Gasteiger partial charge in [-0.05, 0) is 30.7 Å². The molecule has 24 heavy (non-hydrogen) atoms. The molecule has 0 aromatic heterocycles. The van der Waals surface area contributed by atoms with Crippen LogP contribution in [0, 0.1) is 0 Å². The van der Waals surface area contributed by atoms with Crippen molar-refractivity contribution in [2.75, 3.05) is 20.8 Å². The van der Waals surface area contributed by atoms with E-state index in [0.29, 0.717) is 18.0 Å². The third kappa shape index (κ3) is 3.73. The van der Waals surface area contributed by atoms with Crippen LogP contribution in [0.5, 0.6) is 11.5 Å². The maximum atomic E-state index is 12.4. The van der Waals surface area contributed by atoms with Gasteiger partial charge >= 0.3 is 0 Å². The summed E-state index contributed by atoms with van der Waals surface area (Å²) in [5.74, 6) is 0.0227. The molecule has 1 aliphatic heterocycles. The zero-order chi connectivity index (χ0) is 17.7. The number of amides is 3. The molecule has 1 N–H and O–H groups in total. The number of ether oxygens (including phenoxy) is 2. The van der Waals surface area contributed by atoms with Crippen LogP contribution < -0.4 is 14.8 Å². The third-order valence-corrected chi connectivity index (χ3v) is 3.77. The summed E-state index contributed by atoms with van der Waals surface area (Å²) in [6.07, 6.45) is 3.01. The van der Waals surface area contributed by atoms with E-state index in [1.54, 1.807) is 38.3 Å². The number of hydrogen-bond acceptors (Lipinski definition) is 5. The summed E-state index contributed by atoms with van der Waals surface area (Å²) in [5, 5.41) is 2.21. The predicted octanol–water partition coefficient (Wildman–Crippen LogP) is 0.981. The number of imide groups is 1. The summed E-state index contributed by atoms with van der Waals surface area (Å²) >= 11 is 0. The van der Waals surface area contributed by atoms with Gasteiger partial charge in [-0.2, -0.15) is 0 Å². The highest BCUT2D eigenvalue weighted by molar-refractivity contribution is 6.07. The third-order valence-electron chi connectivity index (χ3n) is 3.77. The Morgan fingerprint density at radius 1 is 1.29 bits per heavy atom. The molecule has 3 amide bonds. The minimum atomic E-state index is -0.745. The Labute approximate surface area is 140 Å². The van der Waals surface area contributed by atoms with E-state index in [2.05, 4.69) is 5.32 Å². The molecule has 0 spiro atoms. The van der Waals surface area contributed by atoms with Crippen LogP contribution in [-0.4, -0.2) is 49.4 Å². The van der Waals surface area contributed by atoms with Crippen molar-refractivity contribution in [3.05, 3.63) is 29.8 Å². The number of nitrogens with zero attached hydrogens (tertiary/aromatic N) is 1. The van der Waals surface area contributed by atoms with E-state index in [1.807, 2.05) is 0 Å². The largest absolute Gasteiger partial charge is 0.493 e. The molecule has 7 nitrogen and oxygen atoms in total. The highest BCUT2D eigenvalue weighted by atomic mass is 16.5. The van der Waals surface area contributed by atoms with Gasteiger partial charge in [0.25, 0.3) is 0 Å². The molecule has 1 atom stereocenters. The van der Waals surface area contributed by atoms with Crippen LogP contribution in [0.2, 0.25) is 0 Å². The molecule has 0 bridgehead atoms. The number of carbonyl (C=O) groups is 3. The fraction of sp³-hybridized carbons (Fsp3) is 0.353. The molecule has 0 saturated carbocycles. The molecule has 0 unspecified atom stereocenters. The van der Waals surface area contributed by atoms with E-state index in [4.69, 9.17) is 9.47 Å². The summed E-state index contributed by atoms with van der Waals surface area (Å²) in [6, 6.07) is 4.52. The first-order valence-electron chi connectivity index (χ1n) is 7.54. The second-order valence-corrected chi connectivity index (χ2v) is 5.20. The maximum absolute atomic E-state index is 12.4. The summed E-state index contributed by atoms with van der Waals surface area (Å²) in [7, 11) is 3.08. The number of carbonyl (C=O) groups excluding carboxylic acids is 3. The van der Waals surface area contributed by atoms with Gasteiger partial charge in [0.2, 0.25) is 17.7 Å². The van der Waals surface area contributed by atoms with Crippen molar-refractivity contribution in [1.82, 2.24) is 10.2 Å². The molecule has 1 aliphatic rings. The Morgan fingerprint density at radius 3 is 2.54 bits per heavy atom. The lowest BCUT2D eigenvalue weighted by atomic mass is 10.1. The number of likely N-dealkylation sites (N-methyl/N-ethyl adjacent to an activating group) is 1. The minimum Gasteiger partial charge on any atom is -0.493 e. The van der Waals surface area contributed by atoms with Crippen LogP contribution in [0.15, 0.2) is 24.3 Å². The average Bonchev–Trinajstić information content (AvgIpc) is 2.91. The van der Waals surface area contributed by atoms with Crippen LogP contribution in [0.25, 0.3) is 6.08 Å². The lowest BCUT2D eigenvalue weighted by Crippen LogP contribution is -2.43. The summed E-state index contributed by atoms with van der Waals surface area (Å²) < 4.78 is 10.4. The molecule has 1 fully saturated rings. The molecule has 2 rings (SSSR count). The SMILES string of the molecule is CCN(C(=O)/C=C/c1ccc(OC)c(OC)c1)[C@H]1CC(=O)NC1=O. The Morgan fingerprint density at radius 2 is 2.00 bits per heavy atom. The van der Waals surface area contributed by atoms with Gasteiger partial charge in [0.05, 0.1) is 20.6 Å². The van der Waals surface area contributed by atoms with Crippen molar-refractivity contribution in [2.24, 2.45) is 0 Å². The summed E-state index contributed by atoms with van der Waals surface area (Å²) in [6.45, 7) is 2.10. The predicted molar refractivity (Wildman–Crippen MR) is 87.5 cm³/mol. The summed E-state index contributed by atoms with van der Waals surface area (Å²) in [5.41, 5.74) is 0.754. The Kier molecular flexibility index (Phi) is 5.57.